The number of nitrogens with zero attached hydrogens (tertiary/aromatic N) is 5. The topological polar surface area (TPSA) is 60.7 Å². The maximum atomic E-state index is 4.38. The molecule has 2 atom stereocenters. The van der Waals surface area contributed by atoms with Crippen molar-refractivity contribution in [1.82, 2.24) is 30.2 Å². The molecule has 1 aromatic rings. The summed E-state index contributed by atoms with van der Waals surface area (Å²) < 4.78 is 1.85. The summed E-state index contributed by atoms with van der Waals surface area (Å²) in [6.07, 6.45) is 9.32. The van der Waals surface area contributed by atoms with Crippen LogP contribution in [-0.4, -0.2) is 78.9 Å². The average molecular weight is 364 g/mol. The van der Waals surface area contributed by atoms with Gasteiger partial charge in [-0.15, -0.1) is 0 Å². The van der Waals surface area contributed by atoms with Crippen molar-refractivity contribution in [2.45, 2.75) is 44.7 Å². The van der Waals surface area contributed by atoms with Crippen molar-refractivity contribution in [2.75, 3.05) is 47.3 Å². The van der Waals surface area contributed by atoms with Gasteiger partial charge in [0.05, 0.1) is 12.2 Å². The van der Waals surface area contributed by atoms with Crippen molar-refractivity contribution in [3.8, 4) is 0 Å². The number of aliphatic imine (C=N–C) groups is 1. The maximum Gasteiger partial charge on any atom is 0.191 e. The van der Waals surface area contributed by atoms with E-state index < -0.39 is 0 Å². The van der Waals surface area contributed by atoms with E-state index in [1.54, 1.807) is 0 Å². The highest BCUT2D eigenvalue weighted by Crippen LogP contribution is 2.18. The van der Waals surface area contributed by atoms with Gasteiger partial charge in [-0.2, -0.15) is 5.10 Å². The number of likely N-dealkylation sites (N-methyl/N-ethyl adjacent to an activating group) is 1. The molecule has 2 N–H and O–H groups in total. The molecule has 0 radical (unpaired) electrons. The van der Waals surface area contributed by atoms with E-state index in [2.05, 4.69) is 57.7 Å². The SMILES string of the molecule is CCC1CCCCN1CCNC(=NC)NCC(c1cnn(C)c1)N(C)C. The fourth-order valence-electron chi connectivity index (χ4n) is 3.76. The van der Waals surface area contributed by atoms with Gasteiger partial charge in [-0.05, 0) is 39.9 Å². The summed E-state index contributed by atoms with van der Waals surface area (Å²) in [5.41, 5.74) is 1.21. The van der Waals surface area contributed by atoms with Gasteiger partial charge in [-0.25, -0.2) is 0 Å². The summed E-state index contributed by atoms with van der Waals surface area (Å²) in [5, 5.41) is 11.2. The van der Waals surface area contributed by atoms with Gasteiger partial charge in [0.15, 0.2) is 5.96 Å². The normalized spacial score (nSPS) is 20.4. The van der Waals surface area contributed by atoms with Crippen LogP contribution in [0.1, 0.15) is 44.2 Å². The van der Waals surface area contributed by atoms with E-state index in [1.807, 2.05) is 25.0 Å². The molecule has 0 bridgehead atoms. The Hall–Kier alpha value is -1.60. The van der Waals surface area contributed by atoms with Crippen LogP contribution in [0.25, 0.3) is 0 Å². The highest BCUT2D eigenvalue weighted by atomic mass is 15.3. The lowest BCUT2D eigenvalue weighted by molar-refractivity contribution is 0.147. The van der Waals surface area contributed by atoms with Crippen LogP contribution < -0.4 is 10.6 Å². The Morgan fingerprint density at radius 1 is 1.38 bits per heavy atom. The number of aryl methyl sites for hydroxylation is 1. The Morgan fingerprint density at radius 3 is 2.81 bits per heavy atom. The molecule has 1 aliphatic rings. The molecule has 1 aromatic heterocycles. The van der Waals surface area contributed by atoms with Gasteiger partial charge in [0.2, 0.25) is 0 Å². The van der Waals surface area contributed by atoms with E-state index in [1.165, 1.54) is 37.8 Å². The standard InChI is InChI=1S/C19H37N7/c1-6-17-9-7-8-11-26(17)12-10-21-19(20-2)22-14-18(24(3)4)16-13-23-25(5)15-16/h13,15,17-18H,6-12,14H2,1-5H3,(H2,20,21,22). The number of likely N-dealkylation sites (tertiary alicyclic amines) is 1. The Morgan fingerprint density at radius 2 is 2.19 bits per heavy atom. The lowest BCUT2D eigenvalue weighted by Crippen LogP contribution is -2.47. The van der Waals surface area contributed by atoms with Crippen LogP contribution in [0.2, 0.25) is 0 Å². The molecular weight excluding hydrogens is 326 g/mol. The summed E-state index contributed by atoms with van der Waals surface area (Å²) in [6, 6.07) is 1.01. The number of hydrogen-bond acceptors (Lipinski definition) is 4. The van der Waals surface area contributed by atoms with Crippen molar-refractivity contribution < 1.29 is 0 Å². The van der Waals surface area contributed by atoms with E-state index in [9.17, 15) is 0 Å². The quantitative estimate of drug-likeness (QED) is 0.541. The molecule has 1 aliphatic heterocycles. The molecule has 0 spiro atoms. The van der Waals surface area contributed by atoms with Gasteiger partial charge in [-0.3, -0.25) is 14.6 Å². The van der Waals surface area contributed by atoms with E-state index in [0.29, 0.717) is 0 Å². The summed E-state index contributed by atoms with van der Waals surface area (Å²) in [5.74, 6) is 0.866. The fraction of sp³-hybridized carbons (Fsp3) is 0.789. The maximum absolute atomic E-state index is 4.38. The van der Waals surface area contributed by atoms with Gasteiger partial charge in [0.1, 0.15) is 0 Å². The molecule has 0 saturated carbocycles. The second kappa shape index (κ2) is 10.5. The van der Waals surface area contributed by atoms with E-state index in [0.717, 1.165) is 31.6 Å². The molecule has 0 aliphatic carbocycles. The average Bonchev–Trinajstić information content (AvgIpc) is 3.06. The van der Waals surface area contributed by atoms with Crippen LogP contribution in [0.4, 0.5) is 0 Å². The molecule has 0 aromatic carbocycles. The van der Waals surface area contributed by atoms with Crippen LogP contribution in [-0.2, 0) is 7.05 Å². The predicted molar refractivity (Wildman–Crippen MR) is 109 cm³/mol. The molecule has 0 amide bonds. The summed E-state index contributed by atoms with van der Waals surface area (Å²) in [7, 11) is 7.97. The molecule has 2 rings (SSSR count). The molecule has 2 heterocycles. The zero-order valence-electron chi connectivity index (χ0n) is 17.2. The zero-order valence-corrected chi connectivity index (χ0v) is 17.2. The fourth-order valence-corrected chi connectivity index (χ4v) is 3.76. The van der Waals surface area contributed by atoms with Crippen molar-refractivity contribution >= 4 is 5.96 Å². The van der Waals surface area contributed by atoms with E-state index in [4.69, 9.17) is 0 Å². The minimum atomic E-state index is 0.258. The molecule has 1 saturated heterocycles. The first-order chi connectivity index (χ1) is 12.5. The van der Waals surface area contributed by atoms with Crippen molar-refractivity contribution in [3.05, 3.63) is 18.0 Å². The zero-order chi connectivity index (χ0) is 18.9. The molecule has 7 heteroatoms. The second-order valence-corrected chi connectivity index (χ2v) is 7.40. The number of nitrogens with one attached hydrogen (secondary N) is 2. The highest BCUT2D eigenvalue weighted by Gasteiger charge is 2.20. The van der Waals surface area contributed by atoms with Crippen molar-refractivity contribution in [3.63, 3.8) is 0 Å². The first-order valence-electron chi connectivity index (χ1n) is 9.88. The molecule has 148 valence electrons. The smallest absolute Gasteiger partial charge is 0.191 e. The third-order valence-electron chi connectivity index (χ3n) is 5.33. The highest BCUT2D eigenvalue weighted by molar-refractivity contribution is 5.79. The Bertz CT molecular complexity index is 552. The Kier molecular flexibility index (Phi) is 8.38. The minimum absolute atomic E-state index is 0.258. The number of piperidine rings is 1. The Balaban J connectivity index is 1.79. The van der Waals surface area contributed by atoms with Crippen LogP contribution in [0, 0.1) is 0 Å². The lowest BCUT2D eigenvalue weighted by atomic mass is 10.0. The van der Waals surface area contributed by atoms with Gasteiger partial charge in [0, 0.05) is 51.5 Å². The van der Waals surface area contributed by atoms with Crippen LogP contribution in [0.5, 0.6) is 0 Å². The van der Waals surface area contributed by atoms with Crippen molar-refractivity contribution in [1.29, 1.82) is 0 Å². The monoisotopic (exact) mass is 363 g/mol. The van der Waals surface area contributed by atoms with E-state index >= 15 is 0 Å². The van der Waals surface area contributed by atoms with Crippen LogP contribution >= 0.6 is 0 Å². The largest absolute Gasteiger partial charge is 0.355 e. The molecule has 7 nitrogen and oxygen atoms in total. The van der Waals surface area contributed by atoms with Crippen LogP contribution in [0.3, 0.4) is 0 Å². The van der Waals surface area contributed by atoms with Gasteiger partial charge < -0.3 is 15.5 Å². The molecule has 2 unspecified atom stereocenters. The predicted octanol–water partition coefficient (Wildman–Crippen LogP) is 1.45. The summed E-state index contributed by atoms with van der Waals surface area (Å²) in [6.45, 7) is 6.33. The summed E-state index contributed by atoms with van der Waals surface area (Å²) in [4.78, 5) is 9.21. The number of aromatic nitrogens is 2. The number of hydrogen-bond donors (Lipinski definition) is 2. The van der Waals surface area contributed by atoms with Gasteiger partial charge in [-0.1, -0.05) is 13.3 Å². The third-order valence-corrected chi connectivity index (χ3v) is 5.33. The van der Waals surface area contributed by atoms with Crippen LogP contribution in [0.15, 0.2) is 17.4 Å². The van der Waals surface area contributed by atoms with Gasteiger partial charge in [0.25, 0.3) is 0 Å². The van der Waals surface area contributed by atoms with Crippen molar-refractivity contribution in [2.24, 2.45) is 12.0 Å². The summed E-state index contributed by atoms with van der Waals surface area (Å²) >= 11 is 0. The first-order valence-corrected chi connectivity index (χ1v) is 9.88. The van der Waals surface area contributed by atoms with E-state index in [-0.39, 0.29) is 6.04 Å². The number of rotatable bonds is 8. The second-order valence-electron chi connectivity index (χ2n) is 7.40. The van der Waals surface area contributed by atoms with Gasteiger partial charge >= 0.3 is 0 Å². The Labute approximate surface area is 158 Å². The lowest BCUT2D eigenvalue weighted by Gasteiger charge is -2.35. The molecule has 26 heavy (non-hydrogen) atoms. The first kappa shape index (κ1) is 20.7. The minimum Gasteiger partial charge on any atom is -0.355 e. The molecule has 1 fully saturated rings. The third kappa shape index (κ3) is 5.99. The molecular formula is C19H37N7. The number of guanidine groups is 1.